The van der Waals surface area contributed by atoms with E-state index in [1.807, 2.05) is 44.2 Å². The lowest BCUT2D eigenvalue weighted by Crippen LogP contribution is -2.19. The summed E-state index contributed by atoms with van der Waals surface area (Å²) in [5.74, 6) is -0.544. The third-order valence-electron chi connectivity index (χ3n) is 5.08. The summed E-state index contributed by atoms with van der Waals surface area (Å²) in [4.78, 5) is 29.7. The first-order chi connectivity index (χ1) is 15.9. The van der Waals surface area contributed by atoms with Gasteiger partial charge in [-0.1, -0.05) is 17.7 Å². The van der Waals surface area contributed by atoms with Crippen LogP contribution in [0.2, 0.25) is 5.02 Å². The number of thioether (sulfide) groups is 1. The maximum Gasteiger partial charge on any atom is 0.338 e. The minimum absolute atomic E-state index is 0.193. The molecule has 1 aliphatic rings. The highest BCUT2D eigenvalue weighted by Crippen LogP contribution is 2.31. The number of hydrogen-bond acceptors (Lipinski definition) is 5. The molecule has 0 atom stereocenters. The summed E-state index contributed by atoms with van der Waals surface area (Å²) in [5, 5.41) is 3.95. The fourth-order valence-corrected chi connectivity index (χ4v) is 4.53. The molecule has 0 unspecified atom stereocenters. The van der Waals surface area contributed by atoms with Crippen LogP contribution in [0.3, 0.4) is 0 Å². The van der Waals surface area contributed by atoms with Gasteiger partial charge in [-0.25, -0.2) is 9.79 Å². The van der Waals surface area contributed by atoms with Crippen LogP contribution in [-0.4, -0.2) is 28.2 Å². The molecule has 8 heteroatoms. The van der Waals surface area contributed by atoms with Crippen molar-refractivity contribution in [2.24, 2.45) is 4.99 Å². The van der Waals surface area contributed by atoms with Gasteiger partial charge >= 0.3 is 5.97 Å². The van der Waals surface area contributed by atoms with Crippen molar-refractivity contribution in [3.05, 3.63) is 87.0 Å². The van der Waals surface area contributed by atoms with Crippen molar-refractivity contribution in [1.82, 2.24) is 9.88 Å². The molecule has 1 amide bonds. The lowest BCUT2D eigenvalue weighted by Gasteiger charge is -2.11. The van der Waals surface area contributed by atoms with E-state index in [-0.39, 0.29) is 11.9 Å². The number of halogens is 1. The van der Waals surface area contributed by atoms with Crippen molar-refractivity contribution in [3.8, 4) is 5.69 Å². The summed E-state index contributed by atoms with van der Waals surface area (Å²) < 4.78 is 7.17. The number of aromatic nitrogens is 1. The normalized spacial score (nSPS) is 15.8. The monoisotopic (exact) mass is 479 g/mol. The lowest BCUT2D eigenvalue weighted by atomic mass is 10.2. The number of nitrogens with zero attached hydrogens (tertiary/aromatic N) is 2. The number of ether oxygens (including phenoxy) is 1. The molecule has 0 spiro atoms. The molecule has 2 aromatic carbocycles. The number of hydrogen-bond donors (Lipinski definition) is 1. The molecule has 1 fully saturated rings. The Labute approximate surface area is 201 Å². The molecular formula is C25H22ClN3O3S. The third-order valence-corrected chi connectivity index (χ3v) is 6.24. The van der Waals surface area contributed by atoms with E-state index in [9.17, 15) is 9.59 Å². The van der Waals surface area contributed by atoms with Crippen LogP contribution >= 0.6 is 23.4 Å². The van der Waals surface area contributed by atoms with Gasteiger partial charge in [0.15, 0.2) is 5.17 Å². The number of nitrogens with one attached hydrogen (secondary N) is 1. The first-order valence-corrected chi connectivity index (χ1v) is 11.6. The van der Waals surface area contributed by atoms with Crippen LogP contribution in [0.4, 0.5) is 5.69 Å². The van der Waals surface area contributed by atoms with Crippen molar-refractivity contribution in [2.45, 2.75) is 20.8 Å². The van der Waals surface area contributed by atoms with E-state index in [4.69, 9.17) is 16.3 Å². The fraction of sp³-hybridized carbons (Fsp3) is 0.160. The summed E-state index contributed by atoms with van der Waals surface area (Å²) in [6.45, 7) is 6.08. The Hall–Kier alpha value is -3.29. The van der Waals surface area contributed by atoms with Gasteiger partial charge in [0.25, 0.3) is 5.91 Å². The van der Waals surface area contributed by atoms with Gasteiger partial charge in [0.2, 0.25) is 0 Å². The molecular weight excluding hydrogens is 458 g/mol. The number of aryl methyl sites for hydroxylation is 1. The molecule has 0 aliphatic carbocycles. The van der Waals surface area contributed by atoms with Crippen molar-refractivity contribution >= 4 is 52.2 Å². The molecule has 0 bridgehead atoms. The topological polar surface area (TPSA) is 72.7 Å². The van der Waals surface area contributed by atoms with Crippen LogP contribution in [0, 0.1) is 13.8 Å². The minimum Gasteiger partial charge on any atom is -0.462 e. The Morgan fingerprint density at radius 3 is 2.67 bits per heavy atom. The molecule has 33 heavy (non-hydrogen) atoms. The molecule has 1 aromatic heterocycles. The van der Waals surface area contributed by atoms with Crippen molar-refractivity contribution < 1.29 is 14.3 Å². The zero-order chi connectivity index (χ0) is 23.5. The summed E-state index contributed by atoms with van der Waals surface area (Å²) in [6.07, 6.45) is 1.86. The summed E-state index contributed by atoms with van der Waals surface area (Å²) in [6, 6.07) is 16.4. The second-order valence-corrected chi connectivity index (χ2v) is 8.86. The molecule has 0 saturated carbocycles. The predicted octanol–water partition coefficient (Wildman–Crippen LogP) is 5.82. The van der Waals surface area contributed by atoms with E-state index in [1.165, 1.54) is 11.8 Å². The highest BCUT2D eigenvalue weighted by Gasteiger charge is 2.24. The molecule has 4 rings (SSSR count). The van der Waals surface area contributed by atoms with Crippen LogP contribution in [0.25, 0.3) is 11.8 Å². The van der Waals surface area contributed by atoms with E-state index in [1.54, 1.807) is 37.3 Å². The molecule has 1 N–H and O–H groups in total. The van der Waals surface area contributed by atoms with Crippen LogP contribution < -0.4 is 5.32 Å². The van der Waals surface area contributed by atoms with E-state index >= 15 is 0 Å². The quantitative estimate of drug-likeness (QED) is 0.370. The number of carbonyl (C=O) groups is 2. The number of aliphatic imine (C=N–C) groups is 1. The summed E-state index contributed by atoms with van der Waals surface area (Å²) >= 11 is 7.21. The lowest BCUT2D eigenvalue weighted by molar-refractivity contribution is -0.115. The summed E-state index contributed by atoms with van der Waals surface area (Å²) in [5.41, 5.74) is 4.92. The Morgan fingerprint density at radius 1 is 1.18 bits per heavy atom. The second-order valence-electron chi connectivity index (χ2n) is 7.39. The fourth-order valence-electron chi connectivity index (χ4n) is 3.57. The Kier molecular flexibility index (Phi) is 6.72. The standard InChI is InChI=1S/C25H22ClN3O3S/c1-4-32-24(31)17-6-5-7-21(13-17)29-15(2)12-18(16(29)3)14-22-23(30)28-25(33-22)27-20-10-8-19(26)9-11-20/h5-14H,4H2,1-3H3,(H,27,28,30)/b22-14-. The summed E-state index contributed by atoms with van der Waals surface area (Å²) in [7, 11) is 0. The highest BCUT2D eigenvalue weighted by molar-refractivity contribution is 8.18. The second kappa shape index (κ2) is 9.68. The van der Waals surface area contributed by atoms with Gasteiger partial charge in [0.1, 0.15) is 0 Å². The highest BCUT2D eigenvalue weighted by atomic mass is 35.5. The SMILES string of the molecule is CCOC(=O)c1cccc(-n2c(C)cc(/C=C3\SC(=Nc4ccc(Cl)cc4)NC3=O)c2C)c1. The van der Waals surface area contributed by atoms with Crippen LogP contribution in [0.1, 0.15) is 34.2 Å². The van der Waals surface area contributed by atoms with Crippen molar-refractivity contribution in [1.29, 1.82) is 0 Å². The molecule has 3 aromatic rings. The molecule has 6 nitrogen and oxygen atoms in total. The van der Waals surface area contributed by atoms with Crippen LogP contribution in [0.15, 0.2) is 64.5 Å². The van der Waals surface area contributed by atoms with Gasteiger partial charge in [0, 0.05) is 22.1 Å². The Bertz CT molecular complexity index is 1290. The van der Waals surface area contributed by atoms with Crippen LogP contribution in [0.5, 0.6) is 0 Å². The number of rotatable bonds is 5. The van der Waals surface area contributed by atoms with Crippen LogP contribution in [-0.2, 0) is 9.53 Å². The van der Waals surface area contributed by atoms with Gasteiger partial charge in [-0.3, -0.25) is 4.79 Å². The largest absolute Gasteiger partial charge is 0.462 e. The first-order valence-electron chi connectivity index (χ1n) is 10.4. The van der Waals surface area contributed by atoms with E-state index in [2.05, 4.69) is 14.9 Å². The first kappa shape index (κ1) is 22.9. The minimum atomic E-state index is -0.351. The maximum absolute atomic E-state index is 12.5. The Balaban J connectivity index is 1.62. The molecule has 1 saturated heterocycles. The number of esters is 1. The van der Waals surface area contributed by atoms with E-state index in [0.717, 1.165) is 22.6 Å². The van der Waals surface area contributed by atoms with Gasteiger partial charge < -0.3 is 14.6 Å². The molecule has 168 valence electrons. The molecule has 0 radical (unpaired) electrons. The smallest absolute Gasteiger partial charge is 0.338 e. The zero-order valence-corrected chi connectivity index (χ0v) is 20.0. The molecule has 1 aliphatic heterocycles. The maximum atomic E-state index is 12.5. The van der Waals surface area contributed by atoms with Gasteiger partial charge in [-0.2, -0.15) is 0 Å². The number of benzene rings is 2. The van der Waals surface area contributed by atoms with Gasteiger partial charge in [0.05, 0.1) is 22.8 Å². The average molecular weight is 480 g/mol. The average Bonchev–Trinajstić information content (AvgIpc) is 3.27. The van der Waals surface area contributed by atoms with E-state index < -0.39 is 0 Å². The molecule has 2 heterocycles. The van der Waals surface area contributed by atoms with E-state index in [0.29, 0.717) is 33.0 Å². The van der Waals surface area contributed by atoms with Gasteiger partial charge in [-0.05, 0) is 92.7 Å². The Morgan fingerprint density at radius 2 is 1.94 bits per heavy atom. The zero-order valence-electron chi connectivity index (χ0n) is 18.4. The number of amides is 1. The number of amidine groups is 1. The third kappa shape index (κ3) is 5.05. The predicted molar refractivity (Wildman–Crippen MR) is 133 cm³/mol. The van der Waals surface area contributed by atoms with Crippen molar-refractivity contribution in [3.63, 3.8) is 0 Å². The van der Waals surface area contributed by atoms with Gasteiger partial charge in [-0.15, -0.1) is 0 Å². The number of carbonyl (C=O) groups excluding carboxylic acids is 2. The van der Waals surface area contributed by atoms with Crippen molar-refractivity contribution in [2.75, 3.05) is 6.61 Å².